The van der Waals surface area contributed by atoms with Gasteiger partial charge in [0.1, 0.15) is 0 Å². The minimum Gasteiger partial charge on any atom is -0.352 e. The molecule has 2 aliphatic heterocycles. The molecule has 0 saturated heterocycles. The number of nitrogens with one attached hydrogen (secondary N) is 2. The van der Waals surface area contributed by atoms with Gasteiger partial charge in [0, 0.05) is 22.3 Å². The van der Waals surface area contributed by atoms with E-state index in [4.69, 9.17) is 9.97 Å². The molecular weight excluding hydrogens is 1370 g/mol. The van der Waals surface area contributed by atoms with Gasteiger partial charge in [-0.25, -0.2) is 9.97 Å². The van der Waals surface area contributed by atoms with Crippen LogP contribution in [-0.2, 0) is 0 Å². The van der Waals surface area contributed by atoms with Gasteiger partial charge in [0.25, 0.3) is 0 Å². The van der Waals surface area contributed by atoms with Gasteiger partial charge in [-0.15, -0.1) is 0 Å². The molecule has 68 heavy (non-hydrogen) atoms. The summed E-state index contributed by atoms with van der Waals surface area (Å²) in [5, 5.41) is 0. The van der Waals surface area contributed by atoms with Gasteiger partial charge < -0.3 is 9.97 Å². The van der Waals surface area contributed by atoms with Crippen molar-refractivity contribution in [1.82, 2.24) is 19.9 Å². The minimum atomic E-state index is 0.789. The Morgan fingerprint density at radius 1 is 0.265 bits per heavy atom. The average molecular weight is 1410 g/mol. The van der Waals surface area contributed by atoms with Crippen molar-refractivity contribution in [3.63, 3.8) is 0 Å². The van der Waals surface area contributed by atoms with Crippen LogP contribution in [0.25, 0.3) is 84.5 Å². The molecule has 7 aromatic rings. The molecule has 0 unspecified atom stereocenters. The molecule has 0 saturated carbocycles. The molecule has 4 aromatic carbocycles. The van der Waals surface area contributed by atoms with Crippen LogP contribution < -0.4 is 0 Å². The molecule has 0 spiro atoms. The Bertz CT molecular complexity index is 3120. The third-order valence-corrected chi connectivity index (χ3v) is 21.5. The Morgan fingerprint density at radius 2 is 0.426 bits per heavy atom. The fourth-order valence-corrected chi connectivity index (χ4v) is 14.7. The van der Waals surface area contributed by atoms with Crippen LogP contribution in [0, 0.1) is 83.1 Å². The number of aryl methyl sites for hydroxylation is 12. The van der Waals surface area contributed by atoms with Crippen molar-refractivity contribution in [3.05, 3.63) is 156 Å². The van der Waals surface area contributed by atoms with Gasteiger partial charge in [0.05, 0.1) is 80.7 Å². The molecule has 0 atom stereocenters. The van der Waals surface area contributed by atoms with E-state index in [9.17, 15) is 0 Å². The highest BCUT2D eigenvalue weighted by atomic mass is 79.9. The summed E-state index contributed by atoms with van der Waals surface area (Å²) in [7, 11) is 0. The highest BCUT2D eigenvalue weighted by Crippen LogP contribution is 2.55. The Labute approximate surface area is 465 Å². The highest BCUT2D eigenvalue weighted by molar-refractivity contribution is 9.18. The number of benzene rings is 4. The third kappa shape index (κ3) is 8.19. The number of aromatic nitrogens is 4. The molecule has 0 fully saturated rings. The summed E-state index contributed by atoms with van der Waals surface area (Å²) in [6, 6.07) is 18.0. The number of hydrogen-bond donors (Lipinski definition) is 2. The SMILES string of the molecule is Cc1cc(C)c(-c2c3nc(c(-c4c(C)cc(C)cc4C)c4[nH]c(c(Br)c4Br)c(-c4c(C)cc(C)cc4C)c4nc(c(-c5c(C)cc(C)cc5C)c5[nH]c2c(Br)c5Br)C(Br)=C4Br)C(Br)=C3Br)c(C)c1. The van der Waals surface area contributed by atoms with Gasteiger partial charge in [-0.2, -0.15) is 0 Å². The molecule has 0 aliphatic carbocycles. The lowest BCUT2D eigenvalue weighted by molar-refractivity contribution is 1.26. The standard InChI is InChI=1S/C56H46Br8N4/c1-21-13-25(5)33(26(6)14-21)37-49-41(57)43(59)51(65-49)38(34-27(7)15-22(2)16-28(34)8)53-45(61)47(63)55(67-53)40(36-31(11)19-24(4)20-32(36)12)56-48(64)46(62)54(68-56)39(52-44(60)42(58)50(37)66-52)35-29(9)17-23(3)18-30(35)10/h13-20,65,68H,1-12H3. The smallest absolute Gasteiger partial charge is 0.0891 e. The normalized spacial score (nSPS) is 12.9. The molecule has 0 amide bonds. The molecule has 0 radical (unpaired) electrons. The summed E-state index contributed by atoms with van der Waals surface area (Å²) in [5.41, 5.74) is 28.7. The fourth-order valence-electron chi connectivity index (χ4n) is 10.8. The van der Waals surface area contributed by atoms with Crippen LogP contribution in [-0.4, -0.2) is 19.9 Å². The zero-order chi connectivity index (χ0) is 49.3. The summed E-state index contributed by atoms with van der Waals surface area (Å²) in [6.07, 6.45) is 0. The maximum Gasteiger partial charge on any atom is 0.0891 e. The monoisotopic (exact) mass is 1410 g/mol. The van der Waals surface area contributed by atoms with E-state index in [0.29, 0.717) is 0 Å². The molecule has 346 valence electrons. The van der Waals surface area contributed by atoms with Crippen molar-refractivity contribution in [1.29, 1.82) is 0 Å². The van der Waals surface area contributed by atoms with Crippen molar-refractivity contribution in [2.24, 2.45) is 0 Å². The third-order valence-electron chi connectivity index (χ3n) is 13.1. The predicted octanol–water partition coefficient (Wildman–Crippen LogP) is 21.0. The summed E-state index contributed by atoms with van der Waals surface area (Å²) < 4.78 is 6.84. The number of nitrogens with zero attached hydrogens (tertiary/aromatic N) is 2. The van der Waals surface area contributed by atoms with Crippen LogP contribution in [0.4, 0.5) is 0 Å². The highest BCUT2D eigenvalue weighted by Gasteiger charge is 2.33. The molecule has 2 N–H and O–H groups in total. The second-order valence-corrected chi connectivity index (χ2v) is 24.8. The molecule has 4 nitrogen and oxygen atoms in total. The van der Waals surface area contributed by atoms with Crippen LogP contribution in [0.3, 0.4) is 0 Å². The van der Waals surface area contributed by atoms with Crippen LogP contribution >= 0.6 is 127 Å². The fraction of sp³-hybridized carbons (Fsp3) is 0.214. The Hall–Kier alpha value is -2.68. The first kappa shape index (κ1) is 50.3. The number of rotatable bonds is 4. The first-order valence-corrected chi connectivity index (χ1v) is 28.4. The lowest BCUT2D eigenvalue weighted by Crippen LogP contribution is -1.97. The Balaban J connectivity index is 1.70. The summed E-state index contributed by atoms with van der Waals surface area (Å²) in [5.74, 6) is 0. The topological polar surface area (TPSA) is 57.4 Å². The van der Waals surface area contributed by atoms with E-state index >= 15 is 0 Å². The maximum atomic E-state index is 5.82. The molecule has 2 aliphatic rings. The van der Waals surface area contributed by atoms with E-state index in [0.717, 1.165) is 170 Å². The lowest BCUT2D eigenvalue weighted by atomic mass is 9.92. The minimum absolute atomic E-state index is 0.789. The zero-order valence-corrected chi connectivity index (χ0v) is 52.2. The van der Waals surface area contributed by atoms with E-state index in [-0.39, 0.29) is 0 Å². The van der Waals surface area contributed by atoms with Gasteiger partial charge in [0.15, 0.2) is 0 Å². The summed E-state index contributed by atoms with van der Waals surface area (Å²) >= 11 is 33.5. The molecular formula is C56H46Br8N4. The Kier molecular flexibility index (Phi) is 13.9. The van der Waals surface area contributed by atoms with E-state index < -0.39 is 0 Å². The molecule has 5 heterocycles. The van der Waals surface area contributed by atoms with Crippen LogP contribution in [0.15, 0.2) is 66.4 Å². The first-order valence-electron chi connectivity index (χ1n) is 22.0. The van der Waals surface area contributed by atoms with E-state index in [1.165, 1.54) is 22.3 Å². The lowest BCUT2D eigenvalue weighted by Gasteiger charge is -2.15. The van der Waals surface area contributed by atoms with Gasteiger partial charge in [0.2, 0.25) is 0 Å². The van der Waals surface area contributed by atoms with Crippen molar-refractivity contribution in [2.75, 3.05) is 0 Å². The van der Waals surface area contributed by atoms with Crippen LogP contribution in [0.1, 0.15) is 89.5 Å². The largest absolute Gasteiger partial charge is 0.352 e. The number of fused-ring (bicyclic) bond motifs is 8. The van der Waals surface area contributed by atoms with Crippen LogP contribution in [0.5, 0.6) is 0 Å². The van der Waals surface area contributed by atoms with Gasteiger partial charge >= 0.3 is 0 Å². The quantitative estimate of drug-likeness (QED) is 0.185. The molecule has 8 bridgehead atoms. The Morgan fingerprint density at radius 3 is 0.588 bits per heavy atom. The van der Waals surface area contributed by atoms with E-state index in [1.807, 2.05) is 0 Å². The predicted molar refractivity (Wildman–Crippen MR) is 320 cm³/mol. The number of hydrogen-bond acceptors (Lipinski definition) is 2. The second-order valence-electron chi connectivity index (χ2n) is 18.5. The molecule has 9 rings (SSSR count). The maximum absolute atomic E-state index is 5.82. The molecule has 3 aromatic heterocycles. The molecule has 12 heteroatoms. The van der Waals surface area contributed by atoms with Gasteiger partial charge in [-0.05, 0) is 277 Å². The first-order chi connectivity index (χ1) is 32.0. The van der Waals surface area contributed by atoms with Crippen LogP contribution in [0.2, 0.25) is 0 Å². The number of halogens is 8. The van der Waals surface area contributed by atoms with E-state index in [2.05, 4.69) is 269 Å². The van der Waals surface area contributed by atoms with Crippen molar-refractivity contribution < 1.29 is 0 Å². The number of H-pyrrole nitrogens is 2. The second kappa shape index (κ2) is 18.7. The average Bonchev–Trinajstić information content (AvgIpc) is 3.90. The van der Waals surface area contributed by atoms with E-state index in [1.54, 1.807) is 0 Å². The number of aromatic amines is 2. The summed E-state index contributed by atoms with van der Waals surface area (Å²) in [6.45, 7) is 26.2. The summed E-state index contributed by atoms with van der Waals surface area (Å²) in [4.78, 5) is 19.8. The van der Waals surface area contributed by atoms with Crippen molar-refractivity contribution in [2.45, 2.75) is 83.1 Å². The van der Waals surface area contributed by atoms with Crippen molar-refractivity contribution >= 4 is 167 Å². The van der Waals surface area contributed by atoms with Crippen molar-refractivity contribution in [3.8, 4) is 44.5 Å². The zero-order valence-electron chi connectivity index (χ0n) is 39.5. The van der Waals surface area contributed by atoms with Gasteiger partial charge in [-0.3, -0.25) is 0 Å². The van der Waals surface area contributed by atoms with Gasteiger partial charge in [-0.1, -0.05) is 70.8 Å².